The van der Waals surface area contributed by atoms with Crippen LogP contribution in [0.1, 0.15) is 26.7 Å². The highest BCUT2D eigenvalue weighted by Crippen LogP contribution is 2.25. The second-order valence-electron chi connectivity index (χ2n) is 5.86. The summed E-state index contributed by atoms with van der Waals surface area (Å²) in [5.74, 6) is -1.13. The lowest BCUT2D eigenvalue weighted by Gasteiger charge is -2.21. The summed E-state index contributed by atoms with van der Waals surface area (Å²) in [4.78, 5) is 22.9. The molecule has 0 saturated carbocycles. The Morgan fingerprint density at radius 1 is 1.32 bits per heavy atom. The van der Waals surface area contributed by atoms with Crippen LogP contribution in [0.5, 0.6) is 0 Å². The first kappa shape index (κ1) is 15.7. The largest absolute Gasteiger partial charge is 0.481 e. The average molecular weight is 302 g/mol. The Balaban J connectivity index is 2.03. The molecule has 2 aromatic rings. The molecule has 1 aromatic heterocycles. The fourth-order valence-electron chi connectivity index (χ4n) is 2.18. The molecule has 0 unspecified atom stereocenters. The average Bonchev–Trinajstić information content (AvgIpc) is 2.90. The van der Waals surface area contributed by atoms with Gasteiger partial charge in [0.1, 0.15) is 0 Å². The third-order valence-corrected chi connectivity index (χ3v) is 3.09. The van der Waals surface area contributed by atoms with Crippen molar-refractivity contribution >= 4 is 17.6 Å². The highest BCUT2D eigenvalue weighted by molar-refractivity contribution is 5.91. The predicted molar refractivity (Wildman–Crippen MR) is 80.6 cm³/mol. The van der Waals surface area contributed by atoms with E-state index in [9.17, 15) is 9.59 Å². The van der Waals surface area contributed by atoms with Gasteiger partial charge in [0.15, 0.2) is 0 Å². The first-order valence-corrected chi connectivity index (χ1v) is 6.84. The molecule has 0 aliphatic rings. The number of aromatic nitrogens is 3. The Hall–Kier alpha value is -2.70. The quantitative estimate of drug-likeness (QED) is 0.851. The van der Waals surface area contributed by atoms with Crippen LogP contribution in [0.25, 0.3) is 5.69 Å². The summed E-state index contributed by atoms with van der Waals surface area (Å²) < 4.78 is 1.59. The lowest BCUT2D eigenvalue weighted by Crippen LogP contribution is -2.24. The number of carbonyl (C=O) groups is 2. The van der Waals surface area contributed by atoms with Gasteiger partial charge in [-0.05, 0) is 23.6 Å². The number of nitrogens with one attached hydrogen (secondary N) is 1. The van der Waals surface area contributed by atoms with Crippen molar-refractivity contribution in [2.24, 2.45) is 5.41 Å². The van der Waals surface area contributed by atoms with E-state index in [0.29, 0.717) is 5.69 Å². The third kappa shape index (κ3) is 4.41. The predicted octanol–water partition coefficient (Wildman–Crippen LogP) is 2.10. The van der Waals surface area contributed by atoms with Crippen LogP contribution in [0, 0.1) is 5.41 Å². The summed E-state index contributed by atoms with van der Waals surface area (Å²) in [5, 5.41) is 19.2. The second-order valence-corrected chi connectivity index (χ2v) is 5.86. The van der Waals surface area contributed by atoms with Crippen molar-refractivity contribution in [1.29, 1.82) is 0 Å². The minimum Gasteiger partial charge on any atom is -0.481 e. The van der Waals surface area contributed by atoms with Gasteiger partial charge >= 0.3 is 5.97 Å². The van der Waals surface area contributed by atoms with Gasteiger partial charge in [-0.3, -0.25) is 9.59 Å². The van der Waals surface area contributed by atoms with Crippen LogP contribution in [-0.4, -0.2) is 32.0 Å². The summed E-state index contributed by atoms with van der Waals surface area (Å²) in [5.41, 5.74) is 0.809. The van der Waals surface area contributed by atoms with Gasteiger partial charge in [-0.15, -0.1) is 5.10 Å². The zero-order valence-corrected chi connectivity index (χ0v) is 12.5. The van der Waals surface area contributed by atoms with Crippen molar-refractivity contribution in [3.8, 4) is 5.69 Å². The van der Waals surface area contributed by atoms with E-state index >= 15 is 0 Å². The monoisotopic (exact) mass is 302 g/mol. The number of rotatable bonds is 6. The van der Waals surface area contributed by atoms with Crippen molar-refractivity contribution in [2.45, 2.75) is 26.7 Å². The number of hydrogen-bond donors (Lipinski definition) is 2. The van der Waals surface area contributed by atoms with Crippen LogP contribution in [0.4, 0.5) is 5.69 Å². The molecule has 1 amide bonds. The van der Waals surface area contributed by atoms with Crippen LogP contribution in [0.15, 0.2) is 36.7 Å². The normalized spacial score (nSPS) is 11.2. The second kappa shape index (κ2) is 6.38. The van der Waals surface area contributed by atoms with Gasteiger partial charge in [-0.25, -0.2) is 4.68 Å². The van der Waals surface area contributed by atoms with Crippen molar-refractivity contribution in [1.82, 2.24) is 15.0 Å². The van der Waals surface area contributed by atoms with Gasteiger partial charge in [-0.1, -0.05) is 25.1 Å². The maximum Gasteiger partial charge on any atom is 0.303 e. The fourth-order valence-corrected chi connectivity index (χ4v) is 2.18. The van der Waals surface area contributed by atoms with Crippen LogP contribution in [-0.2, 0) is 9.59 Å². The van der Waals surface area contributed by atoms with Crippen molar-refractivity contribution in [3.63, 3.8) is 0 Å². The molecular weight excluding hydrogens is 284 g/mol. The van der Waals surface area contributed by atoms with E-state index in [1.165, 1.54) is 0 Å². The minimum absolute atomic E-state index is 0.0561. The number of carboxylic acid groups (broad SMARTS) is 1. The Morgan fingerprint density at radius 2 is 2.09 bits per heavy atom. The van der Waals surface area contributed by atoms with E-state index in [0.717, 1.165) is 5.69 Å². The maximum atomic E-state index is 12.1. The first-order chi connectivity index (χ1) is 10.4. The molecule has 7 nitrogen and oxygen atoms in total. The molecule has 0 fully saturated rings. The molecule has 0 aliphatic carbocycles. The molecule has 116 valence electrons. The zero-order valence-electron chi connectivity index (χ0n) is 12.5. The van der Waals surface area contributed by atoms with Crippen LogP contribution < -0.4 is 5.32 Å². The molecule has 2 rings (SSSR count). The van der Waals surface area contributed by atoms with E-state index in [1.54, 1.807) is 49.1 Å². The molecule has 0 radical (unpaired) electrons. The number of carbonyl (C=O) groups excluding carboxylic acids is 1. The molecule has 7 heteroatoms. The summed E-state index contributed by atoms with van der Waals surface area (Å²) in [7, 11) is 0. The summed E-state index contributed by atoms with van der Waals surface area (Å²) in [6.07, 6.45) is 3.35. The van der Waals surface area contributed by atoms with E-state index < -0.39 is 11.4 Å². The maximum absolute atomic E-state index is 12.1. The Bertz CT molecular complexity index is 665. The van der Waals surface area contributed by atoms with E-state index in [-0.39, 0.29) is 18.7 Å². The van der Waals surface area contributed by atoms with Crippen molar-refractivity contribution in [3.05, 3.63) is 36.7 Å². The Morgan fingerprint density at radius 3 is 2.73 bits per heavy atom. The molecule has 1 aromatic carbocycles. The SMILES string of the molecule is CC(C)(CC(=O)O)CC(=O)Nc1cccc(-n2ccnn2)c1. The highest BCUT2D eigenvalue weighted by atomic mass is 16.4. The first-order valence-electron chi connectivity index (χ1n) is 6.84. The minimum atomic E-state index is -0.911. The molecule has 0 aliphatic heterocycles. The number of aliphatic carboxylic acids is 1. The van der Waals surface area contributed by atoms with E-state index in [4.69, 9.17) is 5.11 Å². The lowest BCUT2D eigenvalue weighted by atomic mass is 9.85. The van der Waals surface area contributed by atoms with Crippen LogP contribution in [0.2, 0.25) is 0 Å². The number of anilines is 1. The molecule has 22 heavy (non-hydrogen) atoms. The Labute approximate surface area is 128 Å². The Kier molecular flexibility index (Phi) is 4.55. The van der Waals surface area contributed by atoms with E-state index in [1.807, 2.05) is 6.07 Å². The van der Waals surface area contributed by atoms with Gasteiger partial charge in [0.25, 0.3) is 0 Å². The van der Waals surface area contributed by atoms with Gasteiger partial charge in [0.05, 0.1) is 24.5 Å². The van der Waals surface area contributed by atoms with Crippen molar-refractivity contribution < 1.29 is 14.7 Å². The number of hydrogen-bond acceptors (Lipinski definition) is 4. The number of carboxylic acids is 1. The zero-order chi connectivity index (χ0) is 16.2. The topological polar surface area (TPSA) is 97.1 Å². The summed E-state index contributed by atoms with van der Waals surface area (Å²) in [6.45, 7) is 3.51. The van der Waals surface area contributed by atoms with Crippen LogP contribution in [0.3, 0.4) is 0 Å². The van der Waals surface area contributed by atoms with Gasteiger partial charge < -0.3 is 10.4 Å². The molecule has 0 bridgehead atoms. The van der Waals surface area contributed by atoms with Crippen molar-refractivity contribution in [2.75, 3.05) is 5.32 Å². The molecule has 0 saturated heterocycles. The molecule has 2 N–H and O–H groups in total. The third-order valence-electron chi connectivity index (χ3n) is 3.09. The van der Waals surface area contributed by atoms with Gasteiger partial charge in [0.2, 0.25) is 5.91 Å². The lowest BCUT2D eigenvalue weighted by molar-refractivity contribution is -0.139. The van der Waals surface area contributed by atoms with Gasteiger partial charge in [0, 0.05) is 12.1 Å². The summed E-state index contributed by atoms with van der Waals surface area (Å²) >= 11 is 0. The summed E-state index contributed by atoms with van der Waals surface area (Å²) in [6, 6.07) is 7.19. The standard InChI is InChI=1S/C15H18N4O3/c1-15(2,10-14(21)22)9-13(20)17-11-4-3-5-12(8-11)19-7-6-16-18-19/h3-8H,9-10H2,1-2H3,(H,17,20)(H,21,22). The molecule has 0 atom stereocenters. The highest BCUT2D eigenvalue weighted by Gasteiger charge is 2.25. The van der Waals surface area contributed by atoms with E-state index in [2.05, 4.69) is 15.6 Å². The fraction of sp³-hybridized carbons (Fsp3) is 0.333. The van der Waals surface area contributed by atoms with Crippen LogP contribution >= 0.6 is 0 Å². The number of amides is 1. The number of benzene rings is 1. The molecule has 0 spiro atoms. The molecular formula is C15H18N4O3. The smallest absolute Gasteiger partial charge is 0.303 e. The van der Waals surface area contributed by atoms with Gasteiger partial charge in [-0.2, -0.15) is 0 Å². The molecule has 1 heterocycles. The number of nitrogens with zero attached hydrogens (tertiary/aromatic N) is 3.